The Morgan fingerprint density at radius 2 is 1.70 bits per heavy atom. The van der Waals surface area contributed by atoms with E-state index in [9.17, 15) is 9.59 Å². The molecule has 27 heavy (non-hydrogen) atoms. The van der Waals surface area contributed by atoms with Gasteiger partial charge in [-0.05, 0) is 31.5 Å². The number of amides is 1. The van der Waals surface area contributed by atoms with Crippen molar-refractivity contribution in [1.29, 1.82) is 0 Å². The molecule has 3 rings (SSSR count). The Bertz CT molecular complexity index is 837. The molecule has 0 radical (unpaired) electrons. The molecule has 0 spiro atoms. The molecule has 2 atom stereocenters. The second-order valence-corrected chi connectivity index (χ2v) is 7.26. The van der Waals surface area contributed by atoms with E-state index in [1.807, 2.05) is 55.5 Å². The van der Waals surface area contributed by atoms with Gasteiger partial charge in [-0.25, -0.2) is 4.79 Å². The SMILES string of the molecule is CCOC(=O)C1=C(C)NC(NC(=O)c2ccccc2)SC1c1ccccc1. The molecule has 0 saturated carbocycles. The van der Waals surface area contributed by atoms with Crippen molar-refractivity contribution in [2.45, 2.75) is 24.6 Å². The molecule has 1 aliphatic heterocycles. The molecular formula is C21H22N2O3S. The first-order valence-corrected chi connectivity index (χ1v) is 9.75. The molecule has 0 aliphatic carbocycles. The van der Waals surface area contributed by atoms with Gasteiger partial charge in [0.1, 0.15) is 5.50 Å². The summed E-state index contributed by atoms with van der Waals surface area (Å²) in [6.45, 7) is 3.94. The third kappa shape index (κ3) is 4.52. The maximum atomic E-state index is 12.5. The molecule has 1 heterocycles. The summed E-state index contributed by atoms with van der Waals surface area (Å²) in [5, 5.41) is 5.97. The molecule has 6 heteroatoms. The minimum Gasteiger partial charge on any atom is -0.463 e. The maximum Gasteiger partial charge on any atom is 0.337 e. The van der Waals surface area contributed by atoms with Crippen LogP contribution in [-0.2, 0) is 9.53 Å². The van der Waals surface area contributed by atoms with Crippen molar-refractivity contribution in [3.05, 3.63) is 83.1 Å². The lowest BCUT2D eigenvalue weighted by molar-refractivity contribution is -0.138. The molecule has 2 N–H and O–H groups in total. The molecule has 2 unspecified atom stereocenters. The highest BCUT2D eigenvalue weighted by molar-refractivity contribution is 8.00. The van der Waals surface area contributed by atoms with Crippen LogP contribution in [0.3, 0.4) is 0 Å². The molecule has 0 bridgehead atoms. The van der Waals surface area contributed by atoms with Gasteiger partial charge in [-0.3, -0.25) is 4.79 Å². The number of allylic oxidation sites excluding steroid dienone is 1. The van der Waals surface area contributed by atoms with Gasteiger partial charge in [-0.15, -0.1) is 11.8 Å². The predicted molar refractivity (Wildman–Crippen MR) is 107 cm³/mol. The Kier molecular flexibility index (Phi) is 6.19. The number of benzene rings is 2. The fourth-order valence-electron chi connectivity index (χ4n) is 2.91. The van der Waals surface area contributed by atoms with Gasteiger partial charge >= 0.3 is 5.97 Å². The van der Waals surface area contributed by atoms with E-state index in [1.54, 1.807) is 19.1 Å². The third-order valence-corrected chi connectivity index (χ3v) is 5.47. The molecule has 0 fully saturated rings. The van der Waals surface area contributed by atoms with Crippen molar-refractivity contribution in [2.24, 2.45) is 0 Å². The largest absolute Gasteiger partial charge is 0.463 e. The topological polar surface area (TPSA) is 67.4 Å². The van der Waals surface area contributed by atoms with Crippen LogP contribution in [0.2, 0.25) is 0 Å². The average Bonchev–Trinajstić information content (AvgIpc) is 2.69. The summed E-state index contributed by atoms with van der Waals surface area (Å²) >= 11 is 1.47. The van der Waals surface area contributed by atoms with Crippen molar-refractivity contribution in [3.63, 3.8) is 0 Å². The van der Waals surface area contributed by atoms with Gasteiger partial charge in [-0.1, -0.05) is 48.5 Å². The lowest BCUT2D eigenvalue weighted by atomic mass is 10.0. The lowest BCUT2D eigenvalue weighted by Gasteiger charge is -2.33. The van der Waals surface area contributed by atoms with Gasteiger partial charge in [0.15, 0.2) is 0 Å². The van der Waals surface area contributed by atoms with E-state index in [-0.39, 0.29) is 22.6 Å². The highest BCUT2D eigenvalue weighted by atomic mass is 32.2. The average molecular weight is 382 g/mol. The number of carbonyl (C=O) groups is 2. The van der Waals surface area contributed by atoms with E-state index < -0.39 is 0 Å². The smallest absolute Gasteiger partial charge is 0.337 e. The Balaban J connectivity index is 1.86. The first-order chi connectivity index (χ1) is 13.1. The Morgan fingerprint density at radius 3 is 2.33 bits per heavy atom. The highest BCUT2D eigenvalue weighted by Crippen LogP contribution is 2.42. The van der Waals surface area contributed by atoms with Gasteiger partial charge in [0.2, 0.25) is 0 Å². The standard InChI is InChI=1S/C21H22N2O3S/c1-3-26-20(25)17-14(2)22-21(23-19(24)16-12-8-5-9-13-16)27-18(17)15-10-6-4-7-11-15/h4-13,18,21-22H,3H2,1-2H3,(H,23,24). The molecule has 0 aromatic heterocycles. The fraction of sp³-hybridized carbons (Fsp3) is 0.238. The summed E-state index contributed by atoms with van der Waals surface area (Å²) in [7, 11) is 0. The van der Waals surface area contributed by atoms with E-state index in [2.05, 4.69) is 10.6 Å². The zero-order valence-corrected chi connectivity index (χ0v) is 16.1. The quantitative estimate of drug-likeness (QED) is 0.773. The van der Waals surface area contributed by atoms with Crippen molar-refractivity contribution in [2.75, 3.05) is 6.61 Å². The molecular weight excluding hydrogens is 360 g/mol. The number of rotatable bonds is 5. The molecule has 0 saturated heterocycles. The zero-order chi connectivity index (χ0) is 19.2. The second-order valence-electron chi connectivity index (χ2n) is 6.05. The van der Waals surface area contributed by atoms with Crippen LogP contribution >= 0.6 is 11.8 Å². The van der Waals surface area contributed by atoms with E-state index in [0.29, 0.717) is 23.4 Å². The van der Waals surface area contributed by atoms with Crippen molar-refractivity contribution < 1.29 is 14.3 Å². The predicted octanol–water partition coefficient (Wildman–Crippen LogP) is 3.61. The van der Waals surface area contributed by atoms with Crippen LogP contribution in [0.5, 0.6) is 0 Å². The maximum absolute atomic E-state index is 12.5. The minimum atomic E-state index is -0.360. The van der Waals surface area contributed by atoms with Crippen LogP contribution in [-0.4, -0.2) is 24.0 Å². The van der Waals surface area contributed by atoms with Gasteiger partial charge < -0.3 is 15.4 Å². The van der Waals surface area contributed by atoms with Crippen LogP contribution in [0.25, 0.3) is 0 Å². The molecule has 140 valence electrons. The van der Waals surface area contributed by atoms with Crippen LogP contribution < -0.4 is 10.6 Å². The molecule has 1 aliphatic rings. The number of ether oxygens (including phenoxy) is 1. The van der Waals surface area contributed by atoms with Crippen LogP contribution in [0.15, 0.2) is 71.9 Å². The Morgan fingerprint density at radius 1 is 1.07 bits per heavy atom. The van der Waals surface area contributed by atoms with Crippen molar-refractivity contribution >= 4 is 23.6 Å². The van der Waals surface area contributed by atoms with E-state index in [1.165, 1.54) is 11.8 Å². The van der Waals surface area contributed by atoms with Gasteiger partial charge in [0.05, 0.1) is 17.4 Å². The summed E-state index contributed by atoms with van der Waals surface area (Å²) in [6.07, 6.45) is 0. The molecule has 2 aromatic carbocycles. The number of carbonyl (C=O) groups excluding carboxylic acids is 2. The first-order valence-electron chi connectivity index (χ1n) is 8.81. The zero-order valence-electron chi connectivity index (χ0n) is 15.3. The summed E-state index contributed by atoms with van der Waals surface area (Å²) in [5.41, 5.74) is 2.51. The number of esters is 1. The fourth-order valence-corrected chi connectivity index (χ4v) is 4.33. The van der Waals surface area contributed by atoms with Crippen LogP contribution in [0.4, 0.5) is 0 Å². The molecule has 1 amide bonds. The summed E-state index contributed by atoms with van der Waals surface area (Å²) in [6, 6.07) is 18.8. The van der Waals surface area contributed by atoms with E-state index in [0.717, 1.165) is 5.56 Å². The normalized spacial score (nSPS) is 19.2. The number of nitrogens with one attached hydrogen (secondary N) is 2. The monoisotopic (exact) mass is 382 g/mol. The first kappa shape index (κ1) is 19.0. The van der Waals surface area contributed by atoms with Crippen molar-refractivity contribution in [1.82, 2.24) is 10.6 Å². The molecule has 5 nitrogen and oxygen atoms in total. The minimum absolute atomic E-state index is 0.167. The third-order valence-electron chi connectivity index (χ3n) is 4.18. The number of thioether (sulfide) groups is 1. The van der Waals surface area contributed by atoms with Crippen LogP contribution in [0, 0.1) is 0 Å². The number of hydrogen-bond acceptors (Lipinski definition) is 5. The lowest BCUT2D eigenvalue weighted by Crippen LogP contribution is -2.46. The Hall–Kier alpha value is -2.73. The van der Waals surface area contributed by atoms with E-state index in [4.69, 9.17) is 4.74 Å². The summed E-state index contributed by atoms with van der Waals surface area (Å²) < 4.78 is 5.25. The second kappa shape index (κ2) is 8.77. The highest BCUT2D eigenvalue weighted by Gasteiger charge is 2.34. The van der Waals surface area contributed by atoms with Gasteiger partial charge in [-0.2, -0.15) is 0 Å². The Labute approximate surface area is 163 Å². The number of hydrogen-bond donors (Lipinski definition) is 2. The van der Waals surface area contributed by atoms with E-state index >= 15 is 0 Å². The van der Waals surface area contributed by atoms with Gasteiger partial charge in [0, 0.05) is 11.3 Å². The van der Waals surface area contributed by atoms with Gasteiger partial charge in [0.25, 0.3) is 5.91 Å². The summed E-state index contributed by atoms with van der Waals surface area (Å²) in [4.78, 5) is 25.0. The van der Waals surface area contributed by atoms with Crippen molar-refractivity contribution in [3.8, 4) is 0 Å². The van der Waals surface area contributed by atoms with Crippen LogP contribution in [0.1, 0.15) is 35.0 Å². The molecule has 2 aromatic rings. The summed E-state index contributed by atoms with van der Waals surface area (Å²) in [5.74, 6) is -0.503.